The molecule has 9 heteroatoms. The molecule has 0 amide bonds. The van der Waals surface area contributed by atoms with Gasteiger partial charge in [0, 0.05) is 49.0 Å². The predicted molar refractivity (Wildman–Crippen MR) is 82.8 cm³/mol. The molecule has 0 saturated carbocycles. The Balaban J connectivity index is 0.00000441. The summed E-state index contributed by atoms with van der Waals surface area (Å²) in [6, 6.07) is 0. The molecule has 0 aromatic carbocycles. The number of unbranched alkanes of at least 4 members (excludes halogenated alkanes) is 1. The molecular formula is C13H24CuN4O3S. The van der Waals surface area contributed by atoms with Gasteiger partial charge in [-0.15, -0.1) is 0 Å². The zero-order valence-corrected chi connectivity index (χ0v) is 15.4. The summed E-state index contributed by atoms with van der Waals surface area (Å²) < 4.78 is 30.0. The van der Waals surface area contributed by atoms with Crippen molar-refractivity contribution in [1.82, 2.24) is 14.3 Å². The molecule has 0 aliphatic rings. The van der Waals surface area contributed by atoms with Crippen molar-refractivity contribution in [1.29, 1.82) is 0 Å². The third-order valence-electron chi connectivity index (χ3n) is 2.92. The molecule has 1 rings (SSSR count). The van der Waals surface area contributed by atoms with E-state index in [0.29, 0.717) is 18.9 Å². The first-order chi connectivity index (χ1) is 9.81. The van der Waals surface area contributed by atoms with Crippen molar-refractivity contribution < 1.29 is 29.7 Å². The average Bonchev–Trinajstić information content (AvgIpc) is 2.37. The van der Waals surface area contributed by atoms with Crippen LogP contribution in [-0.4, -0.2) is 43.3 Å². The van der Waals surface area contributed by atoms with Gasteiger partial charge in [-0.2, -0.15) is 17.7 Å². The quantitative estimate of drug-likeness (QED) is 0.692. The van der Waals surface area contributed by atoms with Gasteiger partial charge < -0.3 is 9.50 Å². The summed E-state index contributed by atoms with van der Waals surface area (Å²) in [4.78, 5) is 8.53. The third-order valence-corrected chi connectivity index (χ3v) is 4.19. The number of nitrogens with zero attached hydrogens (tertiary/aromatic N) is 3. The Morgan fingerprint density at radius 2 is 1.86 bits per heavy atom. The first-order valence-corrected chi connectivity index (χ1v) is 8.41. The molecule has 1 aromatic heterocycles. The standard InChI is InChI=1S/C13H24N4O3S.Cu/c1-6-8-9-11-10(3)15-13(14-7-2)16-12(11)20-21(18,19)17(4)5;/h6-9H2,1-5H3,(H,14,15,16);. The Morgan fingerprint density at radius 3 is 2.36 bits per heavy atom. The fourth-order valence-corrected chi connectivity index (χ4v) is 2.18. The largest absolute Gasteiger partial charge is 0.386 e. The molecule has 1 aromatic rings. The van der Waals surface area contributed by atoms with Crippen LogP contribution in [0.2, 0.25) is 0 Å². The van der Waals surface area contributed by atoms with Gasteiger partial charge in [0.1, 0.15) is 0 Å². The van der Waals surface area contributed by atoms with E-state index < -0.39 is 10.3 Å². The first-order valence-electron chi connectivity index (χ1n) is 7.05. The summed E-state index contributed by atoms with van der Waals surface area (Å²) in [5.74, 6) is 0.486. The first kappa shape index (κ1) is 21.1. The van der Waals surface area contributed by atoms with E-state index in [0.717, 1.165) is 28.4 Å². The van der Waals surface area contributed by atoms with E-state index in [9.17, 15) is 8.42 Å². The summed E-state index contributed by atoms with van der Waals surface area (Å²) in [5, 5.41) is 2.98. The number of hydrogen-bond donors (Lipinski definition) is 1. The van der Waals surface area contributed by atoms with Crippen LogP contribution in [0.5, 0.6) is 5.88 Å². The Morgan fingerprint density at radius 1 is 1.23 bits per heavy atom. The molecule has 0 bridgehead atoms. The van der Waals surface area contributed by atoms with Gasteiger partial charge in [-0.25, -0.2) is 4.98 Å². The monoisotopic (exact) mass is 379 g/mol. The topological polar surface area (TPSA) is 84.4 Å². The summed E-state index contributed by atoms with van der Waals surface area (Å²) in [7, 11) is -0.998. The minimum Gasteiger partial charge on any atom is -0.354 e. The zero-order valence-electron chi connectivity index (χ0n) is 13.6. The van der Waals surface area contributed by atoms with Gasteiger partial charge in [0.25, 0.3) is 0 Å². The van der Waals surface area contributed by atoms with Gasteiger partial charge in [-0.05, 0) is 26.7 Å². The molecule has 1 radical (unpaired) electrons. The fraction of sp³-hybridized carbons (Fsp3) is 0.692. The molecule has 7 nitrogen and oxygen atoms in total. The van der Waals surface area contributed by atoms with Crippen LogP contribution in [0.4, 0.5) is 5.95 Å². The summed E-state index contributed by atoms with van der Waals surface area (Å²) in [6.07, 6.45) is 2.60. The Bertz CT molecular complexity index is 579. The zero-order chi connectivity index (χ0) is 16.0. The number of aromatic nitrogens is 2. The average molecular weight is 380 g/mol. The van der Waals surface area contributed by atoms with E-state index >= 15 is 0 Å². The van der Waals surface area contributed by atoms with Crippen LogP contribution in [0.1, 0.15) is 37.9 Å². The van der Waals surface area contributed by atoms with E-state index in [1.165, 1.54) is 14.1 Å². The smallest absolute Gasteiger partial charge is 0.354 e. The van der Waals surface area contributed by atoms with Crippen molar-refractivity contribution in [2.45, 2.75) is 40.0 Å². The van der Waals surface area contributed by atoms with Gasteiger partial charge >= 0.3 is 10.3 Å². The van der Waals surface area contributed by atoms with Crippen molar-refractivity contribution in [3.05, 3.63) is 11.3 Å². The minimum absolute atomic E-state index is 0. The number of nitrogens with one attached hydrogen (secondary N) is 1. The number of anilines is 1. The second-order valence-corrected chi connectivity index (χ2v) is 6.63. The van der Waals surface area contributed by atoms with Gasteiger partial charge in [-0.3, -0.25) is 0 Å². The molecule has 0 fully saturated rings. The van der Waals surface area contributed by atoms with Crippen molar-refractivity contribution in [2.24, 2.45) is 0 Å². The van der Waals surface area contributed by atoms with E-state index in [2.05, 4.69) is 22.2 Å². The van der Waals surface area contributed by atoms with E-state index in [4.69, 9.17) is 4.18 Å². The molecule has 0 aliphatic carbocycles. The van der Waals surface area contributed by atoms with Gasteiger partial charge in [0.05, 0.1) is 0 Å². The summed E-state index contributed by atoms with van der Waals surface area (Å²) >= 11 is 0. The van der Waals surface area contributed by atoms with E-state index in [1.807, 2.05) is 13.8 Å². The molecule has 0 atom stereocenters. The fourth-order valence-electron chi connectivity index (χ4n) is 1.69. The molecule has 0 unspecified atom stereocenters. The van der Waals surface area contributed by atoms with Crippen molar-refractivity contribution >= 4 is 16.3 Å². The molecule has 0 saturated heterocycles. The molecule has 131 valence electrons. The maximum atomic E-state index is 11.9. The van der Waals surface area contributed by atoms with Crippen molar-refractivity contribution in [2.75, 3.05) is 26.0 Å². The van der Waals surface area contributed by atoms with Crippen LogP contribution < -0.4 is 9.50 Å². The second-order valence-electron chi connectivity index (χ2n) is 4.87. The number of rotatable bonds is 8. The normalized spacial score (nSPS) is 11.2. The maximum absolute atomic E-state index is 11.9. The second kappa shape index (κ2) is 9.29. The number of hydrogen-bond acceptors (Lipinski definition) is 6. The van der Waals surface area contributed by atoms with Crippen LogP contribution in [-0.2, 0) is 33.8 Å². The van der Waals surface area contributed by atoms with Gasteiger partial charge in [0.15, 0.2) is 0 Å². The Kier molecular flexibility index (Phi) is 8.92. The molecule has 0 aliphatic heterocycles. The van der Waals surface area contributed by atoms with E-state index in [1.54, 1.807) is 0 Å². The number of aryl methyl sites for hydroxylation is 1. The summed E-state index contributed by atoms with van der Waals surface area (Å²) in [6.45, 7) is 6.47. The van der Waals surface area contributed by atoms with E-state index in [-0.39, 0.29) is 22.9 Å². The predicted octanol–water partition coefficient (Wildman–Crippen LogP) is 1.74. The summed E-state index contributed by atoms with van der Waals surface area (Å²) in [5.41, 5.74) is 1.47. The molecular weight excluding hydrogens is 356 g/mol. The molecule has 22 heavy (non-hydrogen) atoms. The van der Waals surface area contributed by atoms with Crippen molar-refractivity contribution in [3.63, 3.8) is 0 Å². The molecule has 1 N–H and O–H groups in total. The maximum Gasteiger partial charge on any atom is 0.386 e. The van der Waals surface area contributed by atoms with Gasteiger partial charge in [0.2, 0.25) is 11.8 Å². The van der Waals surface area contributed by atoms with Crippen LogP contribution in [0.15, 0.2) is 0 Å². The Hall–Kier alpha value is -0.891. The van der Waals surface area contributed by atoms with Crippen LogP contribution in [0.3, 0.4) is 0 Å². The van der Waals surface area contributed by atoms with Crippen LogP contribution >= 0.6 is 0 Å². The van der Waals surface area contributed by atoms with Crippen molar-refractivity contribution in [3.8, 4) is 5.88 Å². The third kappa shape index (κ3) is 5.72. The van der Waals surface area contributed by atoms with Crippen LogP contribution in [0, 0.1) is 6.92 Å². The van der Waals surface area contributed by atoms with Crippen LogP contribution in [0.25, 0.3) is 0 Å². The SMILES string of the molecule is CCCCc1c(C)nc(NCC)nc1OS(=O)(=O)N(C)C.[Cu]. The Labute approximate surface area is 143 Å². The van der Waals surface area contributed by atoms with Gasteiger partial charge in [-0.1, -0.05) is 13.3 Å². The molecule has 1 heterocycles. The molecule has 0 spiro atoms. The minimum atomic E-state index is -3.83.